The Morgan fingerprint density at radius 1 is 0.400 bits per heavy atom. The molecule has 0 aliphatic heterocycles. The van der Waals surface area contributed by atoms with E-state index in [0.717, 1.165) is 0 Å². The molecular weight excluding hydrogens is 523 g/mol. The number of ether oxygens (including phenoxy) is 1. The van der Waals surface area contributed by atoms with Crippen LogP contribution >= 0.6 is 0 Å². The summed E-state index contributed by atoms with van der Waals surface area (Å²) in [5.41, 5.74) is -2.61. The second-order valence-corrected chi connectivity index (χ2v) is 9.82. The van der Waals surface area contributed by atoms with Crippen LogP contribution in [0.25, 0.3) is 0 Å². The molecule has 0 unspecified atom stereocenters. The first-order valence-electron chi connectivity index (χ1n) is 9.25. The van der Waals surface area contributed by atoms with Gasteiger partial charge in [0.1, 0.15) is 23.3 Å². The number of methoxy groups -OCH3 is 1. The van der Waals surface area contributed by atoms with E-state index >= 15 is 4.39 Å². The fourth-order valence-corrected chi connectivity index (χ4v) is 6.67. The Morgan fingerprint density at radius 2 is 0.686 bits per heavy atom. The molecule has 35 heavy (non-hydrogen) atoms. The minimum atomic E-state index is -5.49. The quantitative estimate of drug-likeness (QED) is 0.208. The van der Waals surface area contributed by atoms with Crippen molar-refractivity contribution in [2.45, 2.75) is 13.8 Å². The highest BCUT2D eigenvalue weighted by Crippen LogP contribution is 2.27. The van der Waals surface area contributed by atoms with Crippen molar-refractivity contribution >= 4 is 27.4 Å². The van der Waals surface area contributed by atoms with E-state index in [1.807, 2.05) is 0 Å². The largest absolute Gasteiger partial charge is 0.491 e. The highest BCUT2D eigenvalue weighted by molar-refractivity contribution is 6.95. The van der Waals surface area contributed by atoms with Crippen molar-refractivity contribution < 1.29 is 57.4 Å². The number of hydrogen-bond acceptors (Lipinski definition) is 1. The standard InChI is InChI=1S/C7H3F4O.2C7H3F4.Al/c1-12-7-4(9)2-3(8)5(10)6(7)11;2*1-3-6(10)4(8)2-5(9)7(3)11;/h1H3;2*1H3;. The molecule has 0 bridgehead atoms. The number of halogens is 12. The van der Waals surface area contributed by atoms with Crippen molar-refractivity contribution in [3.05, 3.63) is 80.9 Å². The first-order valence-corrected chi connectivity index (χ1v) is 11.0. The molecule has 3 aromatic carbocycles. The van der Waals surface area contributed by atoms with Crippen LogP contribution in [0.1, 0.15) is 11.1 Å². The van der Waals surface area contributed by atoms with Crippen LogP contribution in [0, 0.1) is 83.7 Å². The van der Waals surface area contributed by atoms with Crippen molar-refractivity contribution in [1.82, 2.24) is 0 Å². The van der Waals surface area contributed by atoms with Crippen LogP contribution in [0.2, 0.25) is 0 Å². The lowest BCUT2D eigenvalue weighted by atomic mass is 10.2. The molecule has 3 rings (SSSR count). The van der Waals surface area contributed by atoms with Crippen LogP contribution in [0.3, 0.4) is 0 Å². The molecule has 0 spiro atoms. The van der Waals surface area contributed by atoms with Crippen molar-refractivity contribution in [3.63, 3.8) is 0 Å². The Balaban J connectivity index is 2.69. The summed E-state index contributed by atoms with van der Waals surface area (Å²) in [5, 5.41) is 0. The normalized spacial score (nSPS) is 11.3. The lowest BCUT2D eigenvalue weighted by Gasteiger charge is -2.21. The predicted molar refractivity (Wildman–Crippen MR) is 99.5 cm³/mol. The highest BCUT2D eigenvalue weighted by atomic mass is 27.2. The first-order chi connectivity index (χ1) is 16.2. The zero-order valence-corrected chi connectivity index (χ0v) is 18.7. The van der Waals surface area contributed by atoms with Gasteiger partial charge in [-0.15, -0.1) is 0 Å². The Bertz CT molecular complexity index is 1260. The van der Waals surface area contributed by atoms with Gasteiger partial charge in [0, 0.05) is 11.1 Å². The summed E-state index contributed by atoms with van der Waals surface area (Å²) in [7, 11) is 0.526. The van der Waals surface area contributed by atoms with Gasteiger partial charge in [-0.1, -0.05) is 0 Å². The van der Waals surface area contributed by atoms with Gasteiger partial charge in [-0.05, 0) is 27.1 Å². The smallest absolute Gasteiger partial charge is 0.413 e. The monoisotopic (exact) mass is 532 g/mol. The summed E-state index contributed by atoms with van der Waals surface area (Å²) in [6.07, 6.45) is 0. The highest BCUT2D eigenvalue weighted by Gasteiger charge is 2.46. The van der Waals surface area contributed by atoms with E-state index in [0.29, 0.717) is 21.0 Å². The summed E-state index contributed by atoms with van der Waals surface area (Å²) >= 11 is -5.49. The summed E-state index contributed by atoms with van der Waals surface area (Å²) < 4.78 is 173. The average Bonchev–Trinajstić information content (AvgIpc) is 2.82. The number of benzene rings is 3. The zero-order valence-electron chi connectivity index (χ0n) is 17.5. The van der Waals surface area contributed by atoms with Gasteiger partial charge < -0.3 is 4.74 Å². The van der Waals surface area contributed by atoms with Gasteiger partial charge in [-0.25, -0.2) is 48.3 Å². The summed E-state index contributed by atoms with van der Waals surface area (Å²) in [4.78, 5) is 0. The minimum Gasteiger partial charge on any atom is -0.491 e. The van der Waals surface area contributed by atoms with Crippen LogP contribution in [-0.2, 0) is 0 Å². The first kappa shape index (κ1) is 26.8. The van der Waals surface area contributed by atoms with E-state index in [2.05, 4.69) is 4.74 Å². The second-order valence-electron chi connectivity index (χ2n) is 7.23. The summed E-state index contributed by atoms with van der Waals surface area (Å²) in [6.45, 7) is 1.07. The Hall–Kier alpha value is -2.85. The molecule has 1 nitrogen and oxygen atoms in total. The maximum Gasteiger partial charge on any atom is 0.413 e. The molecular formula is C21H9AlF12O. The lowest BCUT2D eigenvalue weighted by Crippen LogP contribution is -2.60. The maximum absolute atomic E-state index is 15.1. The molecule has 0 saturated heterocycles. The van der Waals surface area contributed by atoms with Crippen molar-refractivity contribution in [1.29, 1.82) is 0 Å². The summed E-state index contributed by atoms with van der Waals surface area (Å²) in [5.74, 6) is -30.0. The number of rotatable bonds is 4. The Morgan fingerprint density at radius 3 is 1.00 bits per heavy atom. The molecule has 0 aliphatic carbocycles. The van der Waals surface area contributed by atoms with E-state index in [1.54, 1.807) is 0 Å². The molecule has 0 aromatic heterocycles. The average molecular weight is 532 g/mol. The molecule has 0 atom stereocenters. The van der Waals surface area contributed by atoms with Crippen molar-refractivity contribution in [3.8, 4) is 5.75 Å². The van der Waals surface area contributed by atoms with Crippen molar-refractivity contribution in [2.24, 2.45) is 0 Å². The van der Waals surface area contributed by atoms with Crippen LogP contribution in [0.15, 0.2) is 0 Å². The van der Waals surface area contributed by atoms with Crippen molar-refractivity contribution in [2.75, 3.05) is 7.11 Å². The fraction of sp³-hybridized carbons (Fsp3) is 0.143. The Kier molecular flexibility index (Phi) is 7.12. The second kappa shape index (κ2) is 9.31. The molecule has 0 fully saturated rings. The van der Waals surface area contributed by atoms with Gasteiger partial charge in [0.05, 0.1) is 7.11 Å². The van der Waals surface area contributed by atoms with Gasteiger partial charge in [-0.3, -0.25) is 0 Å². The van der Waals surface area contributed by atoms with E-state index < -0.39 is 114 Å². The molecule has 0 aliphatic rings. The van der Waals surface area contributed by atoms with Crippen LogP contribution in [-0.4, -0.2) is 21.3 Å². The van der Waals surface area contributed by atoms with Gasteiger partial charge in [0.15, 0.2) is 46.5 Å². The van der Waals surface area contributed by atoms with Gasteiger partial charge >= 0.3 is 14.1 Å². The number of hydrogen-bond donors (Lipinski definition) is 0. The molecule has 0 amide bonds. The van der Waals surface area contributed by atoms with E-state index in [1.165, 1.54) is 0 Å². The van der Waals surface area contributed by atoms with Crippen LogP contribution in [0.5, 0.6) is 5.75 Å². The lowest BCUT2D eigenvalue weighted by molar-refractivity contribution is 0.338. The van der Waals surface area contributed by atoms with Gasteiger partial charge in [-0.2, -0.15) is 4.39 Å². The fourth-order valence-electron chi connectivity index (χ4n) is 3.52. The van der Waals surface area contributed by atoms with Crippen LogP contribution < -0.4 is 18.0 Å². The van der Waals surface area contributed by atoms with Gasteiger partial charge in [0.25, 0.3) is 0 Å². The van der Waals surface area contributed by atoms with E-state index in [9.17, 15) is 48.3 Å². The minimum absolute atomic E-state index is 0.526. The predicted octanol–water partition coefficient (Wildman–Crippen LogP) is 4.50. The molecule has 0 saturated carbocycles. The third kappa shape index (κ3) is 3.83. The molecule has 0 N–H and O–H groups in total. The molecule has 186 valence electrons. The summed E-state index contributed by atoms with van der Waals surface area (Å²) in [6, 6.07) is 0. The zero-order chi connectivity index (χ0) is 26.7. The van der Waals surface area contributed by atoms with E-state index in [4.69, 9.17) is 0 Å². The third-order valence-corrected chi connectivity index (χ3v) is 8.61. The molecule has 0 radical (unpaired) electrons. The molecule has 0 heterocycles. The van der Waals surface area contributed by atoms with Gasteiger partial charge in [0.2, 0.25) is 5.82 Å². The molecule has 14 heteroatoms. The van der Waals surface area contributed by atoms with E-state index in [-0.39, 0.29) is 0 Å². The topological polar surface area (TPSA) is 9.23 Å². The van der Waals surface area contributed by atoms with Crippen LogP contribution in [0.4, 0.5) is 52.7 Å². The maximum atomic E-state index is 15.1. The SMILES string of the molecule is COc1c(F)c(F)c(F)[c]([Al]([c]2c(F)c(F)c(C)c(F)c2F)[c]2c(F)c(F)c(C)c(F)c2F)c1F. The third-order valence-electron chi connectivity index (χ3n) is 5.36. The Labute approximate surface area is 192 Å². The molecule has 3 aromatic rings.